The Morgan fingerprint density at radius 3 is 2.80 bits per heavy atom. The van der Waals surface area contributed by atoms with Crippen LogP contribution in [0, 0.1) is 16.0 Å². The minimum atomic E-state index is -0.539. The maximum atomic E-state index is 12.5. The zero-order valence-corrected chi connectivity index (χ0v) is 14.4. The molecule has 2 fully saturated rings. The molecule has 3 rings (SSSR count). The molecule has 1 heterocycles. The average Bonchev–Trinajstić information content (AvgIpc) is 3.05. The largest absolute Gasteiger partial charge is 0.373 e. The minimum absolute atomic E-state index is 0.0315. The van der Waals surface area contributed by atoms with Crippen molar-refractivity contribution in [1.82, 2.24) is 16.2 Å². The van der Waals surface area contributed by atoms with Crippen LogP contribution in [-0.2, 0) is 4.79 Å². The van der Waals surface area contributed by atoms with Crippen LogP contribution in [0.25, 0.3) is 0 Å². The van der Waals surface area contributed by atoms with E-state index in [0.717, 1.165) is 12.1 Å². The minimum Gasteiger partial charge on any atom is -0.373 e. The van der Waals surface area contributed by atoms with Crippen molar-refractivity contribution in [1.29, 1.82) is 0 Å². The Morgan fingerprint density at radius 2 is 2.08 bits per heavy atom. The monoisotopic (exact) mass is 347 g/mol. The lowest BCUT2D eigenvalue weighted by Gasteiger charge is -2.28. The fourth-order valence-corrected chi connectivity index (χ4v) is 3.75. The van der Waals surface area contributed by atoms with Gasteiger partial charge in [0.2, 0.25) is 11.9 Å². The number of anilines is 1. The van der Waals surface area contributed by atoms with Crippen LogP contribution >= 0.6 is 0 Å². The van der Waals surface area contributed by atoms with Gasteiger partial charge in [-0.3, -0.25) is 20.3 Å². The van der Waals surface area contributed by atoms with Crippen LogP contribution in [0.1, 0.15) is 19.3 Å². The Kier molecular flexibility index (Phi) is 5.50. The number of amides is 1. The van der Waals surface area contributed by atoms with Gasteiger partial charge in [0.1, 0.15) is 6.04 Å². The third-order valence-corrected chi connectivity index (χ3v) is 5.25. The van der Waals surface area contributed by atoms with Gasteiger partial charge in [-0.1, -0.05) is 18.2 Å². The fourth-order valence-electron chi connectivity index (χ4n) is 3.75. The normalized spacial score (nSPS) is 28.2. The van der Waals surface area contributed by atoms with Crippen molar-refractivity contribution in [2.24, 2.45) is 5.92 Å². The first-order valence-electron chi connectivity index (χ1n) is 8.74. The molecule has 1 saturated carbocycles. The molecule has 1 aliphatic heterocycles. The van der Waals surface area contributed by atoms with Gasteiger partial charge in [-0.2, -0.15) is 0 Å². The first-order valence-corrected chi connectivity index (χ1v) is 8.74. The summed E-state index contributed by atoms with van der Waals surface area (Å²) in [6.07, 6.45) is 1.74. The molecule has 1 aromatic rings. The number of nitrogens with zero attached hydrogens (tertiary/aromatic N) is 2. The summed E-state index contributed by atoms with van der Waals surface area (Å²) in [4.78, 5) is 25.4. The number of carbonyl (C=O) groups excluding carboxylic acids is 1. The molecule has 4 unspecified atom stereocenters. The quantitative estimate of drug-likeness (QED) is 0.513. The number of likely N-dealkylation sites (N-methyl/N-ethyl adjacent to an activating group) is 1. The summed E-state index contributed by atoms with van der Waals surface area (Å²) in [6, 6.07) is 9.16. The molecular formula is C17H25N5O3. The molecule has 0 spiro atoms. The molecule has 0 radical (unpaired) electrons. The molecule has 0 aromatic heterocycles. The number of benzene rings is 1. The van der Waals surface area contributed by atoms with E-state index in [9.17, 15) is 14.9 Å². The van der Waals surface area contributed by atoms with E-state index in [1.54, 1.807) is 0 Å². The summed E-state index contributed by atoms with van der Waals surface area (Å²) in [5, 5.41) is 14.0. The lowest BCUT2D eigenvalue weighted by Crippen LogP contribution is -2.48. The summed E-state index contributed by atoms with van der Waals surface area (Å²) in [5.41, 5.74) is 7.26. The van der Waals surface area contributed by atoms with Crippen LogP contribution in [0.3, 0.4) is 0 Å². The third kappa shape index (κ3) is 4.08. The van der Waals surface area contributed by atoms with E-state index in [-0.39, 0.29) is 22.8 Å². The van der Waals surface area contributed by atoms with E-state index < -0.39 is 12.1 Å². The van der Waals surface area contributed by atoms with Crippen molar-refractivity contribution < 1.29 is 9.72 Å². The van der Waals surface area contributed by atoms with E-state index in [1.807, 2.05) is 37.4 Å². The Hall–Kier alpha value is -2.19. The number of fused-ring (bicyclic) bond motifs is 1. The molecule has 8 heteroatoms. The number of nitro groups is 1. The second kappa shape index (κ2) is 7.79. The van der Waals surface area contributed by atoms with E-state index in [4.69, 9.17) is 0 Å². The Bertz CT molecular complexity index is 612. The van der Waals surface area contributed by atoms with Gasteiger partial charge < -0.3 is 10.2 Å². The fraction of sp³-hybridized carbons (Fsp3) is 0.588. The molecule has 25 heavy (non-hydrogen) atoms. The van der Waals surface area contributed by atoms with E-state index in [0.29, 0.717) is 25.9 Å². The van der Waals surface area contributed by atoms with Gasteiger partial charge in [-0.25, -0.2) is 5.43 Å². The molecule has 0 bridgehead atoms. The summed E-state index contributed by atoms with van der Waals surface area (Å²) in [7, 11) is 1.98. The number of carbonyl (C=O) groups is 1. The SMILES string of the molecule is CN(CCNC(=O)C1NNC2CCC([N+](=O)[O-])CC21)c1ccccc1. The molecule has 136 valence electrons. The summed E-state index contributed by atoms with van der Waals surface area (Å²) in [6.45, 7) is 1.22. The second-order valence-electron chi connectivity index (χ2n) is 6.84. The van der Waals surface area contributed by atoms with Crippen LogP contribution in [0.4, 0.5) is 5.69 Å². The number of hydrogen-bond acceptors (Lipinski definition) is 6. The Morgan fingerprint density at radius 1 is 1.32 bits per heavy atom. The highest BCUT2D eigenvalue weighted by molar-refractivity contribution is 5.82. The molecule has 1 saturated heterocycles. The number of para-hydroxylation sites is 1. The molecule has 2 aliphatic rings. The van der Waals surface area contributed by atoms with E-state index in [2.05, 4.69) is 21.1 Å². The van der Waals surface area contributed by atoms with Crippen molar-refractivity contribution in [2.75, 3.05) is 25.0 Å². The predicted octanol–water partition coefficient (Wildman–Crippen LogP) is 0.529. The second-order valence-corrected chi connectivity index (χ2v) is 6.84. The number of rotatable bonds is 6. The Labute approximate surface area is 147 Å². The van der Waals surface area contributed by atoms with Crippen molar-refractivity contribution in [3.05, 3.63) is 40.4 Å². The lowest BCUT2D eigenvalue weighted by atomic mass is 9.79. The highest BCUT2D eigenvalue weighted by atomic mass is 16.6. The number of nitrogens with one attached hydrogen (secondary N) is 3. The van der Waals surface area contributed by atoms with Gasteiger partial charge in [0, 0.05) is 55.5 Å². The van der Waals surface area contributed by atoms with Crippen LogP contribution in [0.5, 0.6) is 0 Å². The molecule has 1 amide bonds. The first-order chi connectivity index (χ1) is 12.1. The van der Waals surface area contributed by atoms with Gasteiger partial charge >= 0.3 is 0 Å². The third-order valence-electron chi connectivity index (χ3n) is 5.25. The summed E-state index contributed by atoms with van der Waals surface area (Å²) < 4.78 is 0. The Balaban J connectivity index is 1.49. The topological polar surface area (TPSA) is 99.5 Å². The standard InChI is InChI=1S/C17H25N5O3/c1-21(12-5-3-2-4-6-12)10-9-18-17(23)16-14-11-13(22(24)25)7-8-15(14)19-20-16/h2-6,13-16,19-20H,7-11H2,1H3,(H,18,23). The van der Waals surface area contributed by atoms with Crippen molar-refractivity contribution in [3.63, 3.8) is 0 Å². The zero-order valence-electron chi connectivity index (χ0n) is 14.4. The molecular weight excluding hydrogens is 322 g/mol. The smallest absolute Gasteiger partial charge is 0.238 e. The van der Waals surface area contributed by atoms with Crippen molar-refractivity contribution in [2.45, 2.75) is 37.4 Å². The van der Waals surface area contributed by atoms with Gasteiger partial charge in [-0.05, 0) is 18.6 Å². The highest BCUT2D eigenvalue weighted by Gasteiger charge is 2.46. The van der Waals surface area contributed by atoms with Gasteiger partial charge in [0.15, 0.2) is 0 Å². The van der Waals surface area contributed by atoms with Gasteiger partial charge in [0.25, 0.3) is 0 Å². The van der Waals surface area contributed by atoms with Crippen LogP contribution in [-0.4, -0.2) is 49.1 Å². The van der Waals surface area contributed by atoms with E-state index >= 15 is 0 Å². The van der Waals surface area contributed by atoms with Crippen LogP contribution in [0.15, 0.2) is 30.3 Å². The summed E-state index contributed by atoms with van der Waals surface area (Å²) in [5.74, 6) is -0.124. The molecule has 1 aliphatic carbocycles. The predicted molar refractivity (Wildman–Crippen MR) is 94.7 cm³/mol. The maximum absolute atomic E-state index is 12.5. The molecule has 1 aromatic carbocycles. The molecule has 8 nitrogen and oxygen atoms in total. The number of hydrazine groups is 1. The average molecular weight is 347 g/mol. The van der Waals surface area contributed by atoms with Crippen LogP contribution < -0.4 is 21.1 Å². The van der Waals surface area contributed by atoms with Gasteiger partial charge in [-0.15, -0.1) is 0 Å². The number of hydrogen-bond donors (Lipinski definition) is 3. The zero-order chi connectivity index (χ0) is 17.8. The van der Waals surface area contributed by atoms with E-state index in [1.165, 1.54) is 0 Å². The first kappa shape index (κ1) is 17.6. The lowest BCUT2D eigenvalue weighted by molar-refractivity contribution is -0.528. The highest BCUT2D eigenvalue weighted by Crippen LogP contribution is 2.31. The molecule has 3 N–H and O–H groups in total. The summed E-state index contributed by atoms with van der Waals surface area (Å²) >= 11 is 0. The maximum Gasteiger partial charge on any atom is 0.238 e. The van der Waals surface area contributed by atoms with Crippen molar-refractivity contribution in [3.8, 4) is 0 Å². The molecule has 4 atom stereocenters. The van der Waals surface area contributed by atoms with Crippen molar-refractivity contribution >= 4 is 11.6 Å². The van der Waals surface area contributed by atoms with Crippen LogP contribution in [0.2, 0.25) is 0 Å². The van der Waals surface area contributed by atoms with Gasteiger partial charge in [0.05, 0.1) is 0 Å².